The zero-order chi connectivity index (χ0) is 14.5. The van der Waals surface area contributed by atoms with Crippen molar-refractivity contribution in [1.29, 1.82) is 0 Å². The van der Waals surface area contributed by atoms with Crippen LogP contribution in [0.4, 0.5) is 0 Å². The summed E-state index contributed by atoms with van der Waals surface area (Å²) in [5.74, 6) is 0. The summed E-state index contributed by atoms with van der Waals surface area (Å²) in [4.78, 5) is 0. The van der Waals surface area contributed by atoms with Gasteiger partial charge in [0.05, 0.1) is 0 Å². The monoisotopic (exact) mass is 260 g/mol. The van der Waals surface area contributed by atoms with Gasteiger partial charge in [0.25, 0.3) is 0 Å². The summed E-state index contributed by atoms with van der Waals surface area (Å²) >= 11 is 0. The first-order valence-corrected chi connectivity index (χ1v) is 6.79. The minimum atomic E-state index is 1.15. The summed E-state index contributed by atoms with van der Waals surface area (Å²) in [5, 5.41) is 0. The lowest BCUT2D eigenvalue weighted by molar-refractivity contribution is 1.50. The van der Waals surface area contributed by atoms with Gasteiger partial charge in [0.15, 0.2) is 0 Å². The molecule has 0 nitrogen and oxygen atoms in total. The Kier molecular flexibility index (Phi) is 4.37. The van der Waals surface area contributed by atoms with Crippen LogP contribution in [0, 0.1) is 0 Å². The van der Waals surface area contributed by atoms with Gasteiger partial charge in [-0.25, -0.2) is 0 Å². The Morgan fingerprint density at radius 1 is 0.650 bits per heavy atom. The predicted octanol–water partition coefficient (Wildman–Crippen LogP) is 5.92. The molecule has 100 valence electrons. The van der Waals surface area contributed by atoms with Crippen molar-refractivity contribution in [2.24, 2.45) is 0 Å². The fourth-order valence-corrected chi connectivity index (χ4v) is 2.17. The molecule has 0 amide bonds. The van der Waals surface area contributed by atoms with Crippen molar-refractivity contribution in [2.75, 3.05) is 0 Å². The molecule has 0 spiro atoms. The van der Waals surface area contributed by atoms with Crippen molar-refractivity contribution in [2.45, 2.75) is 13.8 Å². The third-order valence-electron chi connectivity index (χ3n) is 3.72. The molecule has 0 atom stereocenters. The Bertz CT molecular complexity index is 578. The standard InChI is InChI=1S/C20H20/c1-5-17-7-11-19(12-8-17)15(3)16(4)20-13-9-18(6-2)10-14-20/h5-14H,1-2H2,3-4H3/b16-15+. The van der Waals surface area contributed by atoms with Gasteiger partial charge in [-0.05, 0) is 47.2 Å². The Morgan fingerprint density at radius 3 is 1.20 bits per heavy atom. The summed E-state index contributed by atoms with van der Waals surface area (Å²) in [6.07, 6.45) is 3.73. The summed E-state index contributed by atoms with van der Waals surface area (Å²) in [6.45, 7) is 11.9. The first-order chi connectivity index (χ1) is 9.65. The van der Waals surface area contributed by atoms with Gasteiger partial charge in [-0.15, -0.1) is 0 Å². The Hall–Kier alpha value is -2.34. The first kappa shape index (κ1) is 14.1. The number of allylic oxidation sites excluding steroid dienone is 2. The second-order valence-electron chi connectivity index (χ2n) is 4.90. The van der Waals surface area contributed by atoms with Crippen LogP contribution in [0.25, 0.3) is 23.3 Å². The second-order valence-corrected chi connectivity index (χ2v) is 4.90. The maximum Gasteiger partial charge on any atom is -0.0224 e. The molecule has 0 unspecified atom stereocenters. The van der Waals surface area contributed by atoms with Crippen molar-refractivity contribution < 1.29 is 0 Å². The average molecular weight is 260 g/mol. The lowest BCUT2D eigenvalue weighted by atomic mass is 9.96. The number of hydrogen-bond acceptors (Lipinski definition) is 0. The predicted molar refractivity (Wildman–Crippen MR) is 91.2 cm³/mol. The SMILES string of the molecule is C=Cc1ccc(/C(C)=C(\C)c2ccc(C=C)cc2)cc1. The van der Waals surface area contributed by atoms with Crippen molar-refractivity contribution in [3.8, 4) is 0 Å². The van der Waals surface area contributed by atoms with Gasteiger partial charge in [-0.3, -0.25) is 0 Å². The molecule has 0 radical (unpaired) electrons. The van der Waals surface area contributed by atoms with Gasteiger partial charge in [-0.2, -0.15) is 0 Å². The van der Waals surface area contributed by atoms with Gasteiger partial charge < -0.3 is 0 Å². The van der Waals surface area contributed by atoms with E-state index in [1.54, 1.807) is 0 Å². The lowest BCUT2D eigenvalue weighted by Crippen LogP contribution is -1.87. The molecule has 0 N–H and O–H groups in total. The van der Waals surface area contributed by atoms with Crippen LogP contribution in [0.2, 0.25) is 0 Å². The third-order valence-corrected chi connectivity index (χ3v) is 3.72. The fourth-order valence-electron chi connectivity index (χ4n) is 2.17. The number of benzene rings is 2. The molecule has 2 rings (SSSR count). The molecule has 0 aliphatic rings. The molecule has 0 saturated heterocycles. The molecule has 0 saturated carbocycles. The Morgan fingerprint density at radius 2 is 0.950 bits per heavy atom. The van der Waals surface area contributed by atoms with E-state index in [9.17, 15) is 0 Å². The molecule has 0 fully saturated rings. The topological polar surface area (TPSA) is 0 Å². The van der Waals surface area contributed by atoms with Crippen molar-refractivity contribution in [3.63, 3.8) is 0 Å². The Balaban J connectivity index is 2.37. The summed E-state index contributed by atoms with van der Waals surface area (Å²) in [7, 11) is 0. The van der Waals surface area contributed by atoms with Crippen LogP contribution in [-0.2, 0) is 0 Å². The van der Waals surface area contributed by atoms with Crippen molar-refractivity contribution in [3.05, 3.63) is 83.9 Å². The summed E-state index contributed by atoms with van der Waals surface area (Å²) in [6, 6.07) is 17.0. The lowest BCUT2D eigenvalue weighted by Gasteiger charge is -2.09. The first-order valence-electron chi connectivity index (χ1n) is 6.79. The van der Waals surface area contributed by atoms with Gasteiger partial charge in [0.1, 0.15) is 0 Å². The molecule has 0 heterocycles. The van der Waals surface area contributed by atoms with Crippen LogP contribution < -0.4 is 0 Å². The minimum Gasteiger partial charge on any atom is -0.0985 e. The summed E-state index contributed by atoms with van der Waals surface area (Å²) in [5.41, 5.74) is 7.39. The maximum absolute atomic E-state index is 3.78. The van der Waals surface area contributed by atoms with Crippen LogP contribution in [0.15, 0.2) is 61.7 Å². The second kappa shape index (κ2) is 6.21. The molecule has 0 aliphatic heterocycles. The van der Waals surface area contributed by atoms with Crippen LogP contribution >= 0.6 is 0 Å². The largest absolute Gasteiger partial charge is 0.0985 e. The average Bonchev–Trinajstić information content (AvgIpc) is 2.53. The number of hydrogen-bond donors (Lipinski definition) is 0. The quantitative estimate of drug-likeness (QED) is 0.598. The smallest absolute Gasteiger partial charge is 0.0224 e. The van der Waals surface area contributed by atoms with E-state index in [-0.39, 0.29) is 0 Å². The van der Waals surface area contributed by atoms with E-state index in [4.69, 9.17) is 0 Å². The Labute approximate surface area is 121 Å². The third kappa shape index (κ3) is 2.97. The highest BCUT2D eigenvalue weighted by Crippen LogP contribution is 2.26. The molecule has 20 heavy (non-hydrogen) atoms. The van der Waals surface area contributed by atoms with Gasteiger partial charge in [0.2, 0.25) is 0 Å². The fraction of sp³-hybridized carbons (Fsp3) is 0.100. The van der Waals surface area contributed by atoms with E-state index in [1.807, 2.05) is 12.2 Å². The van der Waals surface area contributed by atoms with E-state index < -0.39 is 0 Å². The van der Waals surface area contributed by atoms with E-state index in [0.717, 1.165) is 11.1 Å². The molecular weight excluding hydrogens is 240 g/mol. The molecule has 2 aromatic rings. The van der Waals surface area contributed by atoms with Crippen LogP contribution in [0.5, 0.6) is 0 Å². The minimum absolute atomic E-state index is 1.15. The molecule has 2 aromatic carbocycles. The van der Waals surface area contributed by atoms with E-state index in [2.05, 4.69) is 75.5 Å². The summed E-state index contributed by atoms with van der Waals surface area (Å²) < 4.78 is 0. The van der Waals surface area contributed by atoms with Crippen LogP contribution in [0.3, 0.4) is 0 Å². The highest BCUT2D eigenvalue weighted by atomic mass is 14.1. The van der Waals surface area contributed by atoms with Gasteiger partial charge in [-0.1, -0.05) is 73.8 Å². The van der Waals surface area contributed by atoms with Gasteiger partial charge >= 0.3 is 0 Å². The molecular formula is C20H20. The van der Waals surface area contributed by atoms with E-state index in [0.29, 0.717) is 0 Å². The highest BCUT2D eigenvalue weighted by Gasteiger charge is 2.03. The molecule has 0 aliphatic carbocycles. The zero-order valence-corrected chi connectivity index (χ0v) is 12.2. The molecule has 0 bridgehead atoms. The molecule has 0 heteroatoms. The van der Waals surface area contributed by atoms with Crippen LogP contribution in [-0.4, -0.2) is 0 Å². The normalized spacial score (nSPS) is 11.7. The number of rotatable bonds is 4. The van der Waals surface area contributed by atoms with E-state index >= 15 is 0 Å². The van der Waals surface area contributed by atoms with E-state index in [1.165, 1.54) is 22.3 Å². The van der Waals surface area contributed by atoms with Gasteiger partial charge in [0, 0.05) is 0 Å². The van der Waals surface area contributed by atoms with Crippen molar-refractivity contribution in [1.82, 2.24) is 0 Å². The zero-order valence-electron chi connectivity index (χ0n) is 12.2. The molecule has 0 aromatic heterocycles. The van der Waals surface area contributed by atoms with Crippen molar-refractivity contribution >= 4 is 23.3 Å². The maximum atomic E-state index is 3.78. The van der Waals surface area contributed by atoms with Crippen LogP contribution in [0.1, 0.15) is 36.1 Å². The highest BCUT2D eigenvalue weighted by molar-refractivity contribution is 5.89.